The Labute approximate surface area is 115 Å². The standard InChI is InChI=1S/C15H13FO2S/c16-12-8-4-5-9-13(12)19-14(10-15(17)18)11-6-2-1-3-7-11/h1-9,14H,10H2,(H,17,18). The van der Waals surface area contributed by atoms with E-state index in [1.165, 1.54) is 17.8 Å². The molecule has 0 aromatic heterocycles. The summed E-state index contributed by atoms with van der Waals surface area (Å²) in [6, 6.07) is 15.7. The van der Waals surface area contributed by atoms with Crippen molar-refractivity contribution in [2.45, 2.75) is 16.6 Å². The van der Waals surface area contributed by atoms with Gasteiger partial charge in [0.1, 0.15) is 5.82 Å². The number of benzene rings is 2. The fourth-order valence-corrected chi connectivity index (χ4v) is 2.91. The first-order valence-corrected chi connectivity index (χ1v) is 6.72. The highest BCUT2D eigenvalue weighted by Gasteiger charge is 2.18. The van der Waals surface area contributed by atoms with Gasteiger partial charge in [-0.05, 0) is 17.7 Å². The first kappa shape index (κ1) is 13.6. The van der Waals surface area contributed by atoms with Gasteiger partial charge in [0, 0.05) is 10.1 Å². The minimum Gasteiger partial charge on any atom is -0.481 e. The van der Waals surface area contributed by atoms with Crippen molar-refractivity contribution >= 4 is 17.7 Å². The molecule has 0 amide bonds. The van der Waals surface area contributed by atoms with Crippen LogP contribution < -0.4 is 0 Å². The van der Waals surface area contributed by atoms with Crippen molar-refractivity contribution in [1.29, 1.82) is 0 Å². The molecule has 1 N–H and O–H groups in total. The summed E-state index contributed by atoms with van der Waals surface area (Å²) in [5.74, 6) is -1.21. The van der Waals surface area contributed by atoms with Crippen LogP contribution in [0.1, 0.15) is 17.2 Å². The largest absolute Gasteiger partial charge is 0.481 e. The molecule has 0 aliphatic rings. The zero-order valence-corrected chi connectivity index (χ0v) is 10.9. The summed E-state index contributed by atoms with van der Waals surface area (Å²) in [5, 5.41) is 8.69. The molecule has 2 rings (SSSR count). The van der Waals surface area contributed by atoms with E-state index in [1.807, 2.05) is 30.3 Å². The lowest BCUT2D eigenvalue weighted by Crippen LogP contribution is -2.03. The zero-order chi connectivity index (χ0) is 13.7. The highest BCUT2D eigenvalue weighted by molar-refractivity contribution is 7.99. The maximum absolute atomic E-state index is 13.6. The Morgan fingerprint density at radius 3 is 2.37 bits per heavy atom. The first-order chi connectivity index (χ1) is 9.16. The van der Waals surface area contributed by atoms with Crippen LogP contribution in [0.15, 0.2) is 59.5 Å². The van der Waals surface area contributed by atoms with Crippen molar-refractivity contribution in [2.24, 2.45) is 0 Å². The summed E-state index contributed by atoms with van der Waals surface area (Å²) in [6.45, 7) is 0. The van der Waals surface area contributed by atoms with Gasteiger partial charge in [0.15, 0.2) is 0 Å². The van der Waals surface area contributed by atoms with Gasteiger partial charge in [-0.15, -0.1) is 11.8 Å². The number of thioether (sulfide) groups is 1. The Morgan fingerprint density at radius 1 is 1.11 bits per heavy atom. The highest BCUT2D eigenvalue weighted by Crippen LogP contribution is 2.38. The number of carbonyl (C=O) groups is 1. The van der Waals surface area contributed by atoms with Gasteiger partial charge in [-0.3, -0.25) is 4.79 Å². The molecule has 0 heterocycles. The molecule has 0 fully saturated rings. The molecular formula is C15H13FO2S. The normalized spacial score (nSPS) is 12.1. The van der Waals surface area contributed by atoms with Gasteiger partial charge in [0.25, 0.3) is 0 Å². The molecule has 0 saturated heterocycles. The number of carboxylic acid groups (broad SMARTS) is 1. The Bertz CT molecular complexity index is 557. The lowest BCUT2D eigenvalue weighted by molar-refractivity contribution is -0.137. The van der Waals surface area contributed by atoms with Crippen LogP contribution in [0.25, 0.3) is 0 Å². The van der Waals surface area contributed by atoms with Gasteiger partial charge in [-0.25, -0.2) is 4.39 Å². The molecule has 4 heteroatoms. The third-order valence-corrected chi connectivity index (χ3v) is 3.95. The average molecular weight is 276 g/mol. The van der Waals surface area contributed by atoms with Crippen molar-refractivity contribution in [3.05, 3.63) is 66.0 Å². The second kappa shape index (κ2) is 6.38. The summed E-state index contributed by atoms with van der Waals surface area (Å²) in [4.78, 5) is 11.4. The van der Waals surface area contributed by atoms with Gasteiger partial charge in [-0.2, -0.15) is 0 Å². The third-order valence-electron chi connectivity index (χ3n) is 2.64. The van der Waals surface area contributed by atoms with E-state index in [4.69, 9.17) is 5.11 Å². The van der Waals surface area contributed by atoms with Crippen molar-refractivity contribution in [2.75, 3.05) is 0 Å². The molecule has 2 nitrogen and oxygen atoms in total. The van der Waals surface area contributed by atoms with Gasteiger partial charge in [-0.1, -0.05) is 42.5 Å². The predicted octanol–water partition coefficient (Wildman–Crippen LogP) is 4.13. The molecule has 2 aromatic carbocycles. The van der Waals surface area contributed by atoms with E-state index in [1.54, 1.807) is 18.2 Å². The molecule has 0 aliphatic carbocycles. The number of aliphatic carboxylic acids is 1. The quantitative estimate of drug-likeness (QED) is 0.834. The molecule has 0 aliphatic heterocycles. The van der Waals surface area contributed by atoms with Crippen molar-refractivity contribution in [3.8, 4) is 0 Å². The monoisotopic (exact) mass is 276 g/mol. The van der Waals surface area contributed by atoms with Crippen LogP contribution in [0.5, 0.6) is 0 Å². The van der Waals surface area contributed by atoms with Crippen LogP contribution in [-0.4, -0.2) is 11.1 Å². The van der Waals surface area contributed by atoms with Gasteiger partial charge < -0.3 is 5.11 Å². The average Bonchev–Trinajstić information content (AvgIpc) is 2.41. The topological polar surface area (TPSA) is 37.3 Å². The molecule has 0 saturated carbocycles. The number of hydrogen-bond acceptors (Lipinski definition) is 2. The predicted molar refractivity (Wildman–Crippen MR) is 73.7 cm³/mol. The van der Waals surface area contributed by atoms with Crippen LogP contribution in [0.2, 0.25) is 0 Å². The smallest absolute Gasteiger partial charge is 0.304 e. The van der Waals surface area contributed by atoms with E-state index in [9.17, 15) is 9.18 Å². The van der Waals surface area contributed by atoms with E-state index >= 15 is 0 Å². The Balaban J connectivity index is 2.24. The third kappa shape index (κ3) is 3.83. The Morgan fingerprint density at radius 2 is 1.74 bits per heavy atom. The van der Waals surface area contributed by atoms with Gasteiger partial charge in [0.2, 0.25) is 0 Å². The van der Waals surface area contributed by atoms with Crippen LogP contribution in [-0.2, 0) is 4.79 Å². The zero-order valence-electron chi connectivity index (χ0n) is 10.1. The second-order valence-corrected chi connectivity index (χ2v) is 5.29. The SMILES string of the molecule is O=C(O)CC(Sc1ccccc1F)c1ccccc1. The van der Waals surface area contributed by atoms with Crippen LogP contribution in [0, 0.1) is 5.82 Å². The maximum Gasteiger partial charge on any atom is 0.304 e. The number of hydrogen-bond donors (Lipinski definition) is 1. The van der Waals surface area contributed by atoms with E-state index < -0.39 is 5.97 Å². The van der Waals surface area contributed by atoms with Crippen LogP contribution in [0.3, 0.4) is 0 Å². The fraction of sp³-hybridized carbons (Fsp3) is 0.133. The van der Waals surface area contributed by atoms with Crippen LogP contribution >= 0.6 is 11.8 Å². The van der Waals surface area contributed by atoms with Crippen molar-refractivity contribution < 1.29 is 14.3 Å². The van der Waals surface area contributed by atoms with E-state index in [-0.39, 0.29) is 17.5 Å². The summed E-state index contributed by atoms with van der Waals surface area (Å²) in [6.07, 6.45) is -0.0387. The number of rotatable bonds is 5. The molecule has 1 unspecified atom stereocenters. The fourth-order valence-electron chi connectivity index (χ4n) is 1.75. The molecular weight excluding hydrogens is 263 g/mol. The molecule has 1 atom stereocenters. The summed E-state index contributed by atoms with van der Waals surface area (Å²) < 4.78 is 13.6. The number of halogens is 1. The second-order valence-electron chi connectivity index (χ2n) is 4.05. The van der Waals surface area contributed by atoms with Crippen molar-refractivity contribution in [1.82, 2.24) is 0 Å². The molecule has 0 radical (unpaired) electrons. The lowest BCUT2D eigenvalue weighted by Gasteiger charge is -2.15. The van der Waals surface area contributed by atoms with Gasteiger partial charge >= 0.3 is 5.97 Å². The molecule has 98 valence electrons. The van der Waals surface area contributed by atoms with E-state index in [0.717, 1.165) is 5.56 Å². The number of carboxylic acids is 1. The Hall–Kier alpha value is -1.81. The Kier molecular flexibility index (Phi) is 4.58. The van der Waals surface area contributed by atoms with Crippen molar-refractivity contribution in [3.63, 3.8) is 0 Å². The minimum atomic E-state index is -0.891. The summed E-state index contributed by atoms with van der Waals surface area (Å²) in [7, 11) is 0. The lowest BCUT2D eigenvalue weighted by atomic mass is 10.1. The van der Waals surface area contributed by atoms with E-state index in [2.05, 4.69) is 0 Å². The summed E-state index contributed by atoms with van der Waals surface area (Å²) in [5.41, 5.74) is 0.887. The molecule has 19 heavy (non-hydrogen) atoms. The minimum absolute atomic E-state index is 0.0387. The van der Waals surface area contributed by atoms with Crippen LogP contribution in [0.4, 0.5) is 4.39 Å². The maximum atomic E-state index is 13.6. The molecule has 2 aromatic rings. The molecule has 0 spiro atoms. The highest BCUT2D eigenvalue weighted by atomic mass is 32.2. The molecule has 0 bridgehead atoms. The summed E-state index contributed by atoms with van der Waals surface area (Å²) >= 11 is 1.24. The van der Waals surface area contributed by atoms with Gasteiger partial charge in [0.05, 0.1) is 6.42 Å². The van der Waals surface area contributed by atoms with E-state index in [0.29, 0.717) is 4.90 Å². The first-order valence-electron chi connectivity index (χ1n) is 5.85.